The van der Waals surface area contributed by atoms with Gasteiger partial charge in [0.15, 0.2) is 6.54 Å². The molecule has 0 aromatic heterocycles. The third-order valence-corrected chi connectivity index (χ3v) is 5.49. The fraction of sp³-hybridized carbons (Fsp3) is 0.619. The number of carbonyl (C=O) groups excluding carboxylic acids is 2. The smallest absolute Gasteiger partial charge is 0.279 e. The van der Waals surface area contributed by atoms with Crippen LogP contribution in [0.2, 0.25) is 0 Å². The van der Waals surface area contributed by atoms with Gasteiger partial charge in [-0.25, -0.2) is 0 Å². The van der Waals surface area contributed by atoms with E-state index in [1.54, 1.807) is 0 Å². The molecule has 0 bridgehead atoms. The molecular weight excluding hydrogens is 415 g/mol. The minimum atomic E-state index is -0.000836. The van der Waals surface area contributed by atoms with E-state index in [1.165, 1.54) is 0 Å². The van der Waals surface area contributed by atoms with E-state index in [-0.39, 0.29) is 56.5 Å². The van der Waals surface area contributed by atoms with Crippen molar-refractivity contribution < 1.29 is 46.8 Å². The standard InChI is InChI=1S/C21H33N3O2.Y/c1-6-24(12-8-11-18(13-24)21(26)22-15(2)3)14-19(25)23-20-16(4)9-7-10-17(20)5;/h7,9-10,15,18H,6,8,11-14H2,1-5H3,(H-,22,23,25,26);/p+1. The van der Waals surface area contributed by atoms with Gasteiger partial charge in [0.2, 0.25) is 5.91 Å². The number of nitrogens with one attached hydrogen (secondary N) is 2. The number of para-hydroxylation sites is 1. The van der Waals surface area contributed by atoms with E-state index in [0.29, 0.717) is 11.0 Å². The summed E-state index contributed by atoms with van der Waals surface area (Å²) in [6, 6.07) is 6.18. The zero-order valence-corrected chi connectivity index (χ0v) is 20.3. The summed E-state index contributed by atoms with van der Waals surface area (Å²) in [6.07, 6.45) is 1.90. The first-order valence-corrected chi connectivity index (χ1v) is 9.78. The van der Waals surface area contributed by atoms with Crippen molar-refractivity contribution in [2.45, 2.75) is 53.5 Å². The van der Waals surface area contributed by atoms with Gasteiger partial charge in [0.1, 0.15) is 0 Å². The molecule has 147 valence electrons. The van der Waals surface area contributed by atoms with Crippen molar-refractivity contribution in [2.75, 3.05) is 31.5 Å². The molecule has 2 unspecified atom stereocenters. The first-order chi connectivity index (χ1) is 12.3. The third-order valence-electron chi connectivity index (χ3n) is 5.49. The van der Waals surface area contributed by atoms with Crippen LogP contribution in [0, 0.1) is 19.8 Å². The van der Waals surface area contributed by atoms with Gasteiger partial charge in [0.25, 0.3) is 5.91 Å². The zero-order chi connectivity index (χ0) is 19.3. The monoisotopic (exact) mass is 449 g/mol. The van der Waals surface area contributed by atoms with E-state index < -0.39 is 0 Å². The number of hydrogen-bond donors (Lipinski definition) is 2. The van der Waals surface area contributed by atoms with Crippen molar-refractivity contribution in [3.05, 3.63) is 29.3 Å². The molecule has 2 amide bonds. The van der Waals surface area contributed by atoms with Crippen molar-refractivity contribution >= 4 is 17.5 Å². The first-order valence-electron chi connectivity index (χ1n) is 9.78. The molecule has 1 fully saturated rings. The number of anilines is 1. The molecule has 0 saturated carbocycles. The van der Waals surface area contributed by atoms with Crippen LogP contribution in [-0.4, -0.2) is 48.5 Å². The average Bonchev–Trinajstić information content (AvgIpc) is 2.58. The molecule has 2 rings (SSSR count). The Hall–Kier alpha value is -0.776. The SMILES string of the molecule is CC[N+]1(CC(=O)Nc2c(C)cccc2C)CCCC(C(=O)NC(C)C)C1.[Y]. The van der Waals surface area contributed by atoms with Crippen LogP contribution in [0.15, 0.2) is 18.2 Å². The van der Waals surface area contributed by atoms with Gasteiger partial charge in [0, 0.05) is 44.4 Å². The molecule has 0 aliphatic carbocycles. The van der Waals surface area contributed by atoms with Gasteiger partial charge in [-0.05, 0) is 58.6 Å². The van der Waals surface area contributed by atoms with Crippen molar-refractivity contribution in [3.63, 3.8) is 0 Å². The van der Waals surface area contributed by atoms with Crippen molar-refractivity contribution in [3.8, 4) is 0 Å². The van der Waals surface area contributed by atoms with Gasteiger partial charge in [-0.15, -0.1) is 0 Å². The van der Waals surface area contributed by atoms with E-state index in [9.17, 15) is 9.59 Å². The largest absolute Gasteiger partial charge is 0.353 e. The second-order valence-electron chi connectivity index (χ2n) is 8.04. The number of aryl methyl sites for hydroxylation is 2. The summed E-state index contributed by atoms with van der Waals surface area (Å²) in [5.74, 6) is 0.166. The first kappa shape index (κ1) is 24.3. The van der Waals surface area contributed by atoms with Crippen LogP contribution < -0.4 is 10.6 Å². The van der Waals surface area contributed by atoms with Gasteiger partial charge in [0.05, 0.1) is 25.6 Å². The summed E-state index contributed by atoms with van der Waals surface area (Å²) in [4.78, 5) is 25.2. The summed E-state index contributed by atoms with van der Waals surface area (Å²) in [7, 11) is 0. The molecule has 1 heterocycles. The number of rotatable bonds is 6. The van der Waals surface area contributed by atoms with Gasteiger partial charge in [-0.1, -0.05) is 18.2 Å². The Balaban J connectivity index is 0.00000364. The molecule has 2 atom stereocenters. The van der Waals surface area contributed by atoms with E-state index in [1.807, 2.05) is 45.9 Å². The fourth-order valence-corrected chi connectivity index (χ4v) is 3.98. The van der Waals surface area contributed by atoms with Crippen LogP contribution in [0.3, 0.4) is 0 Å². The number of piperidine rings is 1. The van der Waals surface area contributed by atoms with E-state index in [2.05, 4.69) is 17.6 Å². The minimum absolute atomic E-state index is 0. The molecular formula is C21H34N3O2Y+. The van der Waals surface area contributed by atoms with E-state index in [0.717, 1.165) is 49.3 Å². The van der Waals surface area contributed by atoms with Crippen LogP contribution in [0.25, 0.3) is 0 Å². The predicted octanol–water partition coefficient (Wildman–Crippen LogP) is 3.01. The van der Waals surface area contributed by atoms with E-state index >= 15 is 0 Å². The molecule has 27 heavy (non-hydrogen) atoms. The molecule has 2 N–H and O–H groups in total. The van der Waals surface area contributed by atoms with Crippen LogP contribution in [0.5, 0.6) is 0 Å². The maximum Gasteiger partial charge on any atom is 0.279 e. The maximum atomic E-state index is 12.8. The van der Waals surface area contributed by atoms with Crippen LogP contribution in [-0.2, 0) is 42.3 Å². The van der Waals surface area contributed by atoms with Crippen LogP contribution in [0.1, 0.15) is 44.7 Å². The second-order valence-corrected chi connectivity index (χ2v) is 8.04. The Bertz CT molecular complexity index is 643. The van der Waals surface area contributed by atoms with Gasteiger partial charge < -0.3 is 15.1 Å². The van der Waals surface area contributed by atoms with Gasteiger partial charge in [-0.3, -0.25) is 9.59 Å². The maximum absolute atomic E-state index is 12.8. The predicted molar refractivity (Wildman–Crippen MR) is 106 cm³/mol. The number of hydrogen-bond acceptors (Lipinski definition) is 2. The summed E-state index contributed by atoms with van der Waals surface area (Å²) in [6.45, 7) is 13.1. The van der Waals surface area contributed by atoms with Crippen molar-refractivity contribution in [1.29, 1.82) is 0 Å². The third kappa shape index (κ3) is 6.65. The Morgan fingerprint density at radius 3 is 2.41 bits per heavy atom. The molecule has 1 aliphatic heterocycles. The van der Waals surface area contributed by atoms with Gasteiger partial charge >= 0.3 is 0 Å². The number of amides is 2. The van der Waals surface area contributed by atoms with Crippen LogP contribution in [0.4, 0.5) is 5.69 Å². The zero-order valence-electron chi connectivity index (χ0n) is 17.5. The quantitative estimate of drug-likeness (QED) is 0.657. The number of nitrogens with zero attached hydrogens (tertiary/aromatic N) is 1. The Kier molecular flexibility index (Phi) is 9.60. The number of likely N-dealkylation sites (tertiary alicyclic amines) is 1. The summed E-state index contributed by atoms with van der Waals surface area (Å²) in [5, 5.41) is 6.14. The molecule has 1 aliphatic rings. The van der Waals surface area contributed by atoms with Crippen molar-refractivity contribution in [2.24, 2.45) is 5.92 Å². The second kappa shape index (κ2) is 10.7. The summed E-state index contributed by atoms with van der Waals surface area (Å²) >= 11 is 0. The average molecular weight is 449 g/mol. The molecule has 0 spiro atoms. The van der Waals surface area contributed by atoms with E-state index in [4.69, 9.17) is 0 Å². The minimum Gasteiger partial charge on any atom is -0.353 e. The Morgan fingerprint density at radius 2 is 1.85 bits per heavy atom. The summed E-state index contributed by atoms with van der Waals surface area (Å²) < 4.78 is 0.687. The number of likely N-dealkylation sites (N-methyl/N-ethyl adjacent to an activating group) is 1. The van der Waals surface area contributed by atoms with Crippen molar-refractivity contribution in [1.82, 2.24) is 5.32 Å². The molecule has 1 aromatic rings. The summed E-state index contributed by atoms with van der Waals surface area (Å²) in [5.41, 5.74) is 3.07. The number of carbonyl (C=O) groups is 2. The molecule has 1 aromatic carbocycles. The molecule has 1 saturated heterocycles. The normalized spacial score (nSPS) is 22.1. The Labute approximate surface area is 189 Å². The van der Waals surface area contributed by atoms with Crippen LogP contribution >= 0.6 is 0 Å². The van der Waals surface area contributed by atoms with Gasteiger partial charge in [-0.2, -0.15) is 0 Å². The molecule has 5 nitrogen and oxygen atoms in total. The molecule has 6 heteroatoms. The Morgan fingerprint density at radius 1 is 1.22 bits per heavy atom. The topological polar surface area (TPSA) is 58.2 Å². The fourth-order valence-electron chi connectivity index (χ4n) is 3.98. The number of benzene rings is 1. The molecule has 1 radical (unpaired) electrons. The number of quaternary nitrogens is 1.